The largest absolute Gasteiger partial charge is 0.489 e. The Morgan fingerprint density at radius 2 is 1.84 bits per heavy atom. The van der Waals surface area contributed by atoms with Gasteiger partial charge < -0.3 is 19.7 Å². The Labute approximate surface area is 201 Å². The fraction of sp³-hybridized carbons (Fsp3) is 0.480. The van der Waals surface area contributed by atoms with Gasteiger partial charge in [-0.25, -0.2) is 0 Å². The molecule has 1 N–H and O–H groups in total. The maximum Gasteiger partial charge on any atom is 0.226 e. The average molecular weight is 479 g/mol. The fourth-order valence-corrected chi connectivity index (χ4v) is 4.22. The highest BCUT2D eigenvalue weighted by molar-refractivity contribution is 6.32. The highest BCUT2D eigenvalue weighted by atomic mass is 35.5. The second-order valence-corrected chi connectivity index (χ2v) is 9.51. The predicted molar refractivity (Wildman–Crippen MR) is 130 cm³/mol. The smallest absolute Gasteiger partial charge is 0.226 e. The van der Waals surface area contributed by atoms with Gasteiger partial charge in [0.1, 0.15) is 0 Å². The number of ether oxygens (including phenoxy) is 2. The first-order chi connectivity index (χ1) is 15.3. The molecule has 174 valence electrons. The number of nitrogens with zero attached hydrogens (tertiary/aromatic N) is 1. The van der Waals surface area contributed by atoms with Crippen LogP contribution < -0.4 is 14.8 Å². The zero-order chi connectivity index (χ0) is 23.1. The zero-order valence-electron chi connectivity index (χ0n) is 19.0. The Balaban J connectivity index is 1.66. The maximum absolute atomic E-state index is 13.3. The summed E-state index contributed by atoms with van der Waals surface area (Å²) in [7, 11) is 0. The Morgan fingerprint density at radius 1 is 1.09 bits per heavy atom. The van der Waals surface area contributed by atoms with Crippen molar-refractivity contribution in [2.45, 2.75) is 40.3 Å². The van der Waals surface area contributed by atoms with E-state index in [2.05, 4.69) is 19.2 Å². The summed E-state index contributed by atoms with van der Waals surface area (Å²) in [6, 6.07) is 11.5. The lowest BCUT2D eigenvalue weighted by atomic mass is 10.1. The van der Waals surface area contributed by atoms with E-state index in [0.717, 1.165) is 22.6 Å². The van der Waals surface area contributed by atoms with Crippen LogP contribution in [0.25, 0.3) is 0 Å². The highest BCUT2D eigenvalue weighted by Gasteiger charge is 2.23. The van der Waals surface area contributed by atoms with E-state index in [1.54, 1.807) is 0 Å². The number of rotatable bonds is 9. The zero-order valence-corrected chi connectivity index (χ0v) is 20.5. The first-order valence-electron chi connectivity index (χ1n) is 11.2. The van der Waals surface area contributed by atoms with Crippen molar-refractivity contribution in [2.24, 2.45) is 11.8 Å². The van der Waals surface area contributed by atoms with Crippen LogP contribution >= 0.6 is 23.2 Å². The summed E-state index contributed by atoms with van der Waals surface area (Å²) < 4.78 is 11.5. The second-order valence-electron chi connectivity index (χ2n) is 8.69. The topological polar surface area (TPSA) is 50.8 Å². The third-order valence-corrected chi connectivity index (χ3v) is 5.93. The van der Waals surface area contributed by atoms with E-state index in [1.807, 2.05) is 48.2 Å². The summed E-state index contributed by atoms with van der Waals surface area (Å²) in [4.78, 5) is 15.2. The quantitative estimate of drug-likeness (QED) is 0.511. The molecule has 0 fully saturated rings. The molecular weight excluding hydrogens is 447 g/mol. The number of benzene rings is 2. The summed E-state index contributed by atoms with van der Waals surface area (Å²) in [6.45, 7) is 9.69. The van der Waals surface area contributed by atoms with Crippen molar-refractivity contribution in [3.8, 4) is 11.5 Å². The molecular formula is C25H32Cl2N2O3. The minimum absolute atomic E-state index is 0.105. The maximum atomic E-state index is 13.3. The van der Waals surface area contributed by atoms with Crippen molar-refractivity contribution < 1.29 is 14.3 Å². The highest BCUT2D eigenvalue weighted by Crippen LogP contribution is 2.38. The predicted octanol–water partition coefficient (Wildman–Crippen LogP) is 5.57. The second kappa shape index (κ2) is 11.8. The fourth-order valence-electron chi connectivity index (χ4n) is 3.73. The van der Waals surface area contributed by atoms with Gasteiger partial charge in [-0.15, -0.1) is 0 Å². The standard InChI is InChI=1S/C25H32Cl2N2O3/c1-17(2)15-29(16-19-11-22(27)24-23(12-19)31-9-6-10-32-24)25(30)18(3)13-28-14-20-7-4-5-8-21(20)26/h4-5,7-8,11-12,17-18,28H,6,9-10,13-16H2,1-3H3. The number of hydrogen-bond donors (Lipinski definition) is 1. The summed E-state index contributed by atoms with van der Waals surface area (Å²) >= 11 is 12.7. The van der Waals surface area contributed by atoms with Gasteiger partial charge in [0.15, 0.2) is 11.5 Å². The molecule has 0 spiro atoms. The minimum atomic E-state index is -0.174. The molecule has 1 aliphatic heterocycles. The van der Waals surface area contributed by atoms with Crippen LogP contribution in [0.3, 0.4) is 0 Å². The number of hydrogen-bond acceptors (Lipinski definition) is 4. The van der Waals surface area contributed by atoms with Crippen molar-refractivity contribution in [3.05, 3.63) is 57.6 Å². The van der Waals surface area contributed by atoms with Crippen molar-refractivity contribution in [3.63, 3.8) is 0 Å². The van der Waals surface area contributed by atoms with Crippen LogP contribution in [0.4, 0.5) is 0 Å². The molecule has 2 aromatic carbocycles. The molecule has 0 bridgehead atoms. The third kappa shape index (κ3) is 6.77. The van der Waals surface area contributed by atoms with Gasteiger partial charge in [0.2, 0.25) is 5.91 Å². The molecule has 1 unspecified atom stereocenters. The monoisotopic (exact) mass is 478 g/mol. The first-order valence-corrected chi connectivity index (χ1v) is 11.9. The minimum Gasteiger partial charge on any atom is -0.489 e. The Bertz CT molecular complexity index is 920. The Kier molecular flexibility index (Phi) is 9.09. The van der Waals surface area contributed by atoms with E-state index < -0.39 is 0 Å². The van der Waals surface area contributed by atoms with Gasteiger partial charge in [-0.3, -0.25) is 4.79 Å². The lowest BCUT2D eigenvalue weighted by Gasteiger charge is -2.28. The summed E-state index contributed by atoms with van der Waals surface area (Å²) in [5.74, 6) is 1.52. The van der Waals surface area contributed by atoms with E-state index in [9.17, 15) is 4.79 Å². The van der Waals surface area contributed by atoms with Crippen molar-refractivity contribution in [1.29, 1.82) is 0 Å². The molecule has 0 aromatic heterocycles. The van der Waals surface area contributed by atoms with Crippen LogP contribution in [0.2, 0.25) is 10.0 Å². The van der Waals surface area contributed by atoms with Crippen LogP contribution in [0.5, 0.6) is 11.5 Å². The van der Waals surface area contributed by atoms with Crippen molar-refractivity contribution >= 4 is 29.1 Å². The molecule has 1 amide bonds. The number of nitrogens with one attached hydrogen (secondary N) is 1. The van der Waals surface area contributed by atoms with E-state index >= 15 is 0 Å². The molecule has 1 heterocycles. The van der Waals surface area contributed by atoms with Crippen LogP contribution in [-0.2, 0) is 17.9 Å². The molecule has 3 rings (SSSR count). The summed E-state index contributed by atoms with van der Waals surface area (Å²) in [5.41, 5.74) is 1.96. The van der Waals surface area contributed by atoms with E-state index in [4.69, 9.17) is 32.7 Å². The van der Waals surface area contributed by atoms with Crippen molar-refractivity contribution in [2.75, 3.05) is 26.3 Å². The molecule has 2 aromatic rings. The van der Waals surface area contributed by atoms with Gasteiger partial charge in [-0.05, 0) is 35.2 Å². The number of amides is 1. The Morgan fingerprint density at radius 3 is 2.59 bits per heavy atom. The number of carbonyl (C=O) groups excluding carboxylic acids is 1. The third-order valence-electron chi connectivity index (χ3n) is 5.28. The molecule has 1 aliphatic rings. The molecule has 0 aliphatic carbocycles. The lowest BCUT2D eigenvalue weighted by molar-refractivity contribution is -0.136. The molecule has 0 radical (unpaired) electrons. The summed E-state index contributed by atoms with van der Waals surface area (Å²) in [6.07, 6.45) is 0.816. The van der Waals surface area contributed by atoms with Gasteiger partial charge in [0.05, 0.1) is 18.2 Å². The Hall–Kier alpha value is -1.95. The summed E-state index contributed by atoms with van der Waals surface area (Å²) in [5, 5.41) is 4.61. The van der Waals surface area contributed by atoms with Crippen LogP contribution in [0.15, 0.2) is 36.4 Å². The van der Waals surface area contributed by atoms with E-state index in [1.165, 1.54) is 0 Å². The average Bonchev–Trinajstić information content (AvgIpc) is 2.99. The molecule has 0 saturated carbocycles. The number of halogens is 2. The van der Waals surface area contributed by atoms with E-state index in [-0.39, 0.29) is 11.8 Å². The van der Waals surface area contributed by atoms with Crippen LogP contribution in [-0.4, -0.2) is 37.1 Å². The molecule has 32 heavy (non-hydrogen) atoms. The van der Waals surface area contributed by atoms with Gasteiger partial charge in [-0.1, -0.05) is 62.2 Å². The first kappa shape index (κ1) is 24.7. The van der Waals surface area contributed by atoms with Gasteiger partial charge in [0, 0.05) is 43.5 Å². The SMILES string of the molecule is CC(C)CN(Cc1cc(Cl)c2c(c1)OCCCO2)C(=O)C(C)CNCc1ccccc1Cl. The van der Waals surface area contributed by atoms with Gasteiger partial charge in [-0.2, -0.15) is 0 Å². The molecule has 5 nitrogen and oxygen atoms in total. The van der Waals surface area contributed by atoms with Gasteiger partial charge >= 0.3 is 0 Å². The normalized spacial score (nSPS) is 14.2. The van der Waals surface area contributed by atoms with Crippen molar-refractivity contribution in [1.82, 2.24) is 10.2 Å². The molecule has 7 heteroatoms. The van der Waals surface area contributed by atoms with Gasteiger partial charge in [0.25, 0.3) is 0 Å². The number of carbonyl (C=O) groups is 1. The lowest BCUT2D eigenvalue weighted by Crippen LogP contribution is -2.40. The van der Waals surface area contributed by atoms with E-state index in [0.29, 0.717) is 61.8 Å². The van der Waals surface area contributed by atoms with Crippen LogP contribution in [0.1, 0.15) is 38.3 Å². The molecule has 0 saturated heterocycles. The molecule has 1 atom stereocenters. The van der Waals surface area contributed by atoms with Crippen LogP contribution in [0, 0.1) is 11.8 Å². The number of fused-ring (bicyclic) bond motifs is 1.